The van der Waals surface area contributed by atoms with Crippen LogP contribution < -0.4 is 0 Å². The van der Waals surface area contributed by atoms with Crippen LogP contribution in [0.1, 0.15) is 68.9 Å². The summed E-state index contributed by atoms with van der Waals surface area (Å²) in [5, 5.41) is 21.1. The topological polar surface area (TPSA) is 40.5 Å². The summed E-state index contributed by atoms with van der Waals surface area (Å²) < 4.78 is 0. The number of hydrogen-bond donors (Lipinski definition) is 2. The van der Waals surface area contributed by atoms with Crippen molar-refractivity contribution in [3.05, 3.63) is 29.3 Å². The zero-order chi connectivity index (χ0) is 15.5. The van der Waals surface area contributed by atoms with Crippen LogP contribution in [-0.4, -0.2) is 22.2 Å². The molecule has 0 saturated heterocycles. The van der Waals surface area contributed by atoms with Crippen LogP contribution >= 0.6 is 12.2 Å². The third kappa shape index (κ3) is 6.15. The van der Waals surface area contributed by atoms with Crippen molar-refractivity contribution >= 4 is 17.6 Å². The molecule has 2 nitrogen and oxygen atoms in total. The second-order valence-electron chi connectivity index (χ2n) is 5.61. The Hall–Kier alpha value is -0.930. The summed E-state index contributed by atoms with van der Waals surface area (Å²) in [6, 6.07) is 5.74. The van der Waals surface area contributed by atoms with Crippen LogP contribution in [0.3, 0.4) is 0 Å². The van der Waals surface area contributed by atoms with Gasteiger partial charge in [-0.3, -0.25) is 0 Å². The predicted octanol–water partition coefficient (Wildman–Crippen LogP) is 4.76. The van der Waals surface area contributed by atoms with Gasteiger partial charge in [-0.25, -0.2) is 0 Å². The summed E-state index contributed by atoms with van der Waals surface area (Å²) in [4.78, 5) is 0. The van der Waals surface area contributed by atoms with Crippen molar-refractivity contribution in [2.45, 2.75) is 64.2 Å². The number of aromatic hydroxyl groups is 1. The normalized spacial score (nSPS) is 12.3. The summed E-state index contributed by atoms with van der Waals surface area (Å²) >= 11 is 4.92. The maximum absolute atomic E-state index is 10.1. The summed E-state index contributed by atoms with van der Waals surface area (Å²) in [7, 11) is 0. The molecule has 0 radical (unpaired) electrons. The molecule has 0 amide bonds. The van der Waals surface area contributed by atoms with E-state index in [2.05, 4.69) is 13.0 Å². The summed E-state index contributed by atoms with van der Waals surface area (Å²) in [5.74, 6) is 0.775. The lowest BCUT2D eigenvalue weighted by molar-refractivity contribution is 0.296. The van der Waals surface area contributed by atoms with Gasteiger partial charge in [0.15, 0.2) is 0 Å². The fourth-order valence-electron chi connectivity index (χ4n) is 2.90. The van der Waals surface area contributed by atoms with E-state index in [1.807, 2.05) is 6.07 Å². The van der Waals surface area contributed by atoms with E-state index in [9.17, 15) is 10.2 Å². The van der Waals surface area contributed by atoms with Gasteiger partial charge in [-0.05, 0) is 60.6 Å². The quantitative estimate of drug-likeness (QED) is 0.457. The lowest BCUT2D eigenvalue weighted by atomic mass is 9.85. The molecular weight excluding hydrogens is 280 g/mol. The van der Waals surface area contributed by atoms with Gasteiger partial charge >= 0.3 is 0 Å². The molecule has 1 aromatic carbocycles. The number of benzene rings is 1. The van der Waals surface area contributed by atoms with Crippen LogP contribution in [0.5, 0.6) is 5.75 Å². The molecule has 3 heteroatoms. The summed E-state index contributed by atoms with van der Waals surface area (Å²) in [6.45, 7) is 2.29. The van der Waals surface area contributed by atoms with Crippen molar-refractivity contribution in [2.24, 2.45) is 0 Å². The first kappa shape index (κ1) is 18.1. The number of rotatable bonds is 11. The third-order valence-corrected chi connectivity index (χ3v) is 4.26. The van der Waals surface area contributed by atoms with E-state index in [4.69, 9.17) is 12.2 Å². The average Bonchev–Trinajstić information content (AvgIpc) is 2.48. The third-order valence-electron chi connectivity index (χ3n) is 4.02. The highest BCUT2D eigenvalue weighted by atomic mass is 32.1. The number of aliphatic hydroxyl groups is 1. The standard InChI is InChI=1S/C18H28O2S/c1-2-3-4-8-15(9-5-6-14-21)16-10-7-11-18(20)17(16)12-13-19/h7,10-11,14-15,19-20H,2-6,8-9,12-13H2,1H3. The Bertz CT molecular complexity index is 418. The largest absolute Gasteiger partial charge is 0.508 e. The van der Waals surface area contributed by atoms with Crippen molar-refractivity contribution in [3.8, 4) is 5.75 Å². The second-order valence-corrected chi connectivity index (χ2v) is 5.94. The first-order valence-corrected chi connectivity index (χ1v) is 8.57. The number of thiocarbonyl (C=S) groups is 1. The molecule has 21 heavy (non-hydrogen) atoms. The molecule has 0 spiro atoms. The van der Waals surface area contributed by atoms with Crippen molar-refractivity contribution < 1.29 is 10.2 Å². The Morgan fingerprint density at radius 1 is 1.19 bits per heavy atom. The van der Waals surface area contributed by atoms with Crippen molar-refractivity contribution in [2.75, 3.05) is 6.61 Å². The Labute approximate surface area is 134 Å². The molecule has 0 aliphatic carbocycles. The Balaban J connectivity index is 2.88. The first-order valence-electron chi connectivity index (χ1n) is 8.09. The zero-order valence-corrected chi connectivity index (χ0v) is 13.9. The van der Waals surface area contributed by atoms with Gasteiger partial charge in [-0.15, -0.1) is 0 Å². The highest BCUT2D eigenvalue weighted by Gasteiger charge is 2.17. The lowest BCUT2D eigenvalue weighted by Crippen LogP contribution is -2.06. The highest BCUT2D eigenvalue weighted by molar-refractivity contribution is 7.78. The van der Waals surface area contributed by atoms with Crippen molar-refractivity contribution in [1.82, 2.24) is 0 Å². The fraction of sp³-hybridized carbons (Fsp3) is 0.611. The fourth-order valence-corrected chi connectivity index (χ4v) is 3.07. The van der Waals surface area contributed by atoms with Gasteiger partial charge in [0.25, 0.3) is 0 Å². The van der Waals surface area contributed by atoms with Crippen molar-refractivity contribution in [3.63, 3.8) is 0 Å². The summed E-state index contributed by atoms with van der Waals surface area (Å²) in [6.07, 6.45) is 8.51. The second kappa shape index (κ2) is 10.7. The SMILES string of the molecule is CCCCCC(CCCC=S)c1cccc(O)c1CCO. The molecule has 0 bridgehead atoms. The van der Waals surface area contributed by atoms with E-state index in [1.165, 1.54) is 24.8 Å². The van der Waals surface area contributed by atoms with E-state index in [1.54, 1.807) is 11.4 Å². The molecule has 1 rings (SSSR count). The molecule has 0 heterocycles. The maximum Gasteiger partial charge on any atom is 0.119 e. The maximum atomic E-state index is 10.1. The Morgan fingerprint density at radius 3 is 2.62 bits per heavy atom. The number of aliphatic hydroxyl groups excluding tert-OH is 1. The van der Waals surface area contributed by atoms with E-state index >= 15 is 0 Å². The van der Waals surface area contributed by atoms with Crippen LogP contribution in [-0.2, 0) is 6.42 Å². The van der Waals surface area contributed by atoms with E-state index in [-0.39, 0.29) is 6.61 Å². The molecule has 0 fully saturated rings. The Kier molecular flexibility index (Phi) is 9.27. The molecule has 1 atom stereocenters. The number of hydrogen-bond acceptors (Lipinski definition) is 3. The summed E-state index contributed by atoms with van der Waals surface area (Å²) in [5.41, 5.74) is 2.13. The minimum Gasteiger partial charge on any atom is -0.508 e. The van der Waals surface area contributed by atoms with Gasteiger partial charge in [-0.2, -0.15) is 0 Å². The van der Waals surface area contributed by atoms with Crippen molar-refractivity contribution in [1.29, 1.82) is 0 Å². The molecule has 1 unspecified atom stereocenters. The van der Waals surface area contributed by atoms with Gasteiger partial charge in [0.05, 0.1) is 0 Å². The molecule has 118 valence electrons. The van der Waals surface area contributed by atoms with Gasteiger partial charge in [-0.1, -0.05) is 50.5 Å². The highest BCUT2D eigenvalue weighted by Crippen LogP contribution is 2.34. The first-order chi connectivity index (χ1) is 10.2. The molecule has 0 aromatic heterocycles. The number of phenols is 1. The average molecular weight is 308 g/mol. The van der Waals surface area contributed by atoms with E-state index in [0.29, 0.717) is 18.1 Å². The predicted molar refractivity (Wildman–Crippen MR) is 93.3 cm³/mol. The van der Waals surface area contributed by atoms with Crippen LogP contribution in [0.4, 0.5) is 0 Å². The van der Waals surface area contributed by atoms with Gasteiger partial charge in [0.1, 0.15) is 5.75 Å². The van der Waals surface area contributed by atoms with Crippen LogP contribution in [0, 0.1) is 0 Å². The smallest absolute Gasteiger partial charge is 0.119 e. The zero-order valence-electron chi connectivity index (χ0n) is 13.1. The van der Waals surface area contributed by atoms with Crippen LogP contribution in [0.15, 0.2) is 18.2 Å². The van der Waals surface area contributed by atoms with Gasteiger partial charge < -0.3 is 10.2 Å². The molecule has 2 N–H and O–H groups in total. The Morgan fingerprint density at radius 2 is 1.95 bits per heavy atom. The van der Waals surface area contributed by atoms with Crippen LogP contribution in [0.2, 0.25) is 0 Å². The molecule has 0 aliphatic rings. The minimum atomic E-state index is 0.0756. The molecule has 0 aliphatic heterocycles. The molecule has 1 aromatic rings. The van der Waals surface area contributed by atoms with Gasteiger partial charge in [0.2, 0.25) is 0 Å². The minimum absolute atomic E-state index is 0.0756. The monoisotopic (exact) mass is 308 g/mol. The molecular formula is C18H28O2S. The van der Waals surface area contributed by atoms with Crippen LogP contribution in [0.25, 0.3) is 0 Å². The van der Waals surface area contributed by atoms with Gasteiger partial charge in [0, 0.05) is 6.61 Å². The molecule has 0 saturated carbocycles. The van der Waals surface area contributed by atoms with E-state index < -0.39 is 0 Å². The number of phenolic OH excluding ortho intramolecular Hbond substituents is 1. The van der Waals surface area contributed by atoms with E-state index in [0.717, 1.165) is 31.2 Å². The lowest BCUT2D eigenvalue weighted by Gasteiger charge is -2.21. The number of unbranched alkanes of at least 4 members (excludes halogenated alkanes) is 3.